The summed E-state index contributed by atoms with van der Waals surface area (Å²) in [5, 5.41) is 6.70. The first-order valence-corrected chi connectivity index (χ1v) is 21.5. The van der Waals surface area contributed by atoms with E-state index in [4.69, 9.17) is 19.4 Å². The summed E-state index contributed by atoms with van der Waals surface area (Å²) >= 11 is 0. The summed E-state index contributed by atoms with van der Waals surface area (Å²) < 4.78 is 11.9. The van der Waals surface area contributed by atoms with Crippen LogP contribution in [0.1, 0.15) is 6.92 Å². The maximum atomic E-state index is 7.17. The van der Waals surface area contributed by atoms with Gasteiger partial charge in [0.2, 0.25) is 0 Å². The number of allylic oxidation sites excluding steroid dienone is 5. The quantitative estimate of drug-likeness (QED) is 0.143. The number of aromatic nitrogens is 5. The topological polar surface area (TPSA) is 61.7 Å². The van der Waals surface area contributed by atoms with E-state index in [1.807, 2.05) is 72.8 Å². The van der Waals surface area contributed by atoms with Crippen molar-refractivity contribution in [1.29, 1.82) is 0 Å². The minimum Gasteiger partial charge on any atom is -0.455 e. The van der Waals surface area contributed by atoms with Gasteiger partial charge in [-0.15, -0.1) is 0 Å². The molecule has 6 heteroatoms. The number of hydrogen-bond acceptors (Lipinski definition) is 4. The van der Waals surface area contributed by atoms with Crippen molar-refractivity contribution in [3.63, 3.8) is 0 Å². The zero-order valence-electron chi connectivity index (χ0n) is 35.0. The Bertz CT molecular complexity index is 3810. The van der Waals surface area contributed by atoms with Gasteiger partial charge in [-0.25, -0.2) is 15.0 Å². The first-order chi connectivity index (χ1) is 31.6. The molecule has 0 N–H and O–H groups in total. The minimum atomic E-state index is 0.622. The third-order valence-electron chi connectivity index (χ3n) is 12.3. The Hall–Kier alpha value is -8.61. The third-order valence-corrected chi connectivity index (χ3v) is 12.3. The van der Waals surface area contributed by atoms with Crippen molar-refractivity contribution >= 4 is 71.2 Å². The highest BCUT2D eigenvalue weighted by molar-refractivity contribution is 6.29. The van der Waals surface area contributed by atoms with E-state index < -0.39 is 0 Å². The van der Waals surface area contributed by atoms with Crippen LogP contribution in [0.25, 0.3) is 122 Å². The Morgan fingerprint density at radius 3 is 1.64 bits per heavy atom. The predicted molar refractivity (Wildman–Crippen MR) is 265 cm³/mol. The zero-order chi connectivity index (χ0) is 42.7. The van der Waals surface area contributed by atoms with E-state index in [0.717, 1.165) is 105 Å². The second kappa shape index (κ2) is 15.1. The average molecular weight is 822 g/mol. The number of fused-ring (bicyclic) bond motifs is 11. The highest BCUT2D eigenvalue weighted by Crippen LogP contribution is 2.45. The fourth-order valence-corrected chi connectivity index (χ4v) is 9.40. The van der Waals surface area contributed by atoms with Crippen molar-refractivity contribution < 1.29 is 4.42 Å². The second-order valence-electron chi connectivity index (χ2n) is 16.1. The number of rotatable bonds is 8. The summed E-state index contributed by atoms with van der Waals surface area (Å²) in [5.41, 5.74) is 13.3. The summed E-state index contributed by atoms with van der Waals surface area (Å²) in [7, 11) is 0. The standard InChI is InChI=1S/C58H39N5O/c1-3-4-7-18-37(2)62-48-29-14-12-27-46(48)52-50(62)33-31-44-45-32-34-51-53(55(45)64-54(44)52)47-28-13-15-30-49(47)63(51)43-26-17-24-41(36-43)40-23-16-25-42(35-40)58-60-56(38-19-8-5-9-20-38)59-57(61-58)39-21-10-6-11-22-39/h3-36H,1H2,2H3/b7-4-,37-18+. The van der Waals surface area contributed by atoms with Crippen molar-refractivity contribution in [3.8, 4) is 51.0 Å². The van der Waals surface area contributed by atoms with E-state index in [-0.39, 0.29) is 0 Å². The lowest BCUT2D eigenvalue weighted by Gasteiger charge is -2.12. The molecule has 302 valence electrons. The Labute approximate surface area is 369 Å². The van der Waals surface area contributed by atoms with Crippen LogP contribution < -0.4 is 0 Å². The van der Waals surface area contributed by atoms with Gasteiger partial charge in [-0.1, -0.05) is 152 Å². The van der Waals surface area contributed by atoms with E-state index in [0.29, 0.717) is 17.5 Å². The minimum absolute atomic E-state index is 0.622. The largest absolute Gasteiger partial charge is 0.455 e. The van der Waals surface area contributed by atoms with E-state index in [1.165, 1.54) is 0 Å². The molecule has 8 aromatic carbocycles. The van der Waals surface area contributed by atoms with E-state index in [2.05, 4.69) is 150 Å². The number of benzene rings is 8. The molecule has 0 fully saturated rings. The van der Waals surface area contributed by atoms with E-state index >= 15 is 0 Å². The van der Waals surface area contributed by atoms with Crippen LogP contribution in [0, 0.1) is 0 Å². The SMILES string of the molecule is C=C/C=C\C=C(/C)n1c2ccccc2c2c3oc4c(ccc5c4c4ccccc4n5-c4cccc(-c5cccc(-c6nc(-c7ccccc7)nc(-c7ccccc7)n6)c5)c4)c3ccc21. The molecule has 4 heterocycles. The summed E-state index contributed by atoms with van der Waals surface area (Å²) in [6.07, 6.45) is 7.90. The Morgan fingerprint density at radius 2 is 0.969 bits per heavy atom. The first kappa shape index (κ1) is 37.2. The van der Waals surface area contributed by atoms with Gasteiger partial charge in [-0.3, -0.25) is 0 Å². The van der Waals surface area contributed by atoms with Crippen LogP contribution in [0.2, 0.25) is 0 Å². The maximum absolute atomic E-state index is 7.17. The van der Waals surface area contributed by atoms with Gasteiger partial charge in [0.25, 0.3) is 0 Å². The van der Waals surface area contributed by atoms with Crippen molar-refractivity contribution in [2.75, 3.05) is 0 Å². The molecule has 0 aliphatic heterocycles. The van der Waals surface area contributed by atoms with Gasteiger partial charge < -0.3 is 13.6 Å². The maximum Gasteiger partial charge on any atom is 0.164 e. The molecule has 0 bridgehead atoms. The van der Waals surface area contributed by atoms with Gasteiger partial charge in [0.15, 0.2) is 17.5 Å². The first-order valence-electron chi connectivity index (χ1n) is 21.5. The normalized spacial score (nSPS) is 12.2. The summed E-state index contributed by atoms with van der Waals surface area (Å²) in [6.45, 7) is 5.98. The molecule has 6 nitrogen and oxygen atoms in total. The lowest BCUT2D eigenvalue weighted by Crippen LogP contribution is -2.00. The Kier molecular flexibility index (Phi) is 8.76. The van der Waals surface area contributed by atoms with E-state index in [9.17, 15) is 0 Å². The Balaban J connectivity index is 1.01. The third kappa shape index (κ3) is 5.99. The molecule has 12 aromatic rings. The highest BCUT2D eigenvalue weighted by atomic mass is 16.3. The molecular weight excluding hydrogens is 783 g/mol. The molecule has 0 aliphatic rings. The van der Waals surface area contributed by atoms with Gasteiger partial charge in [-0.2, -0.15) is 0 Å². The van der Waals surface area contributed by atoms with Gasteiger partial charge in [-0.05, 0) is 78.7 Å². The molecule has 0 spiro atoms. The number of hydrogen-bond donors (Lipinski definition) is 0. The van der Waals surface area contributed by atoms with Gasteiger partial charge in [0, 0.05) is 49.6 Å². The molecular formula is C58H39N5O. The van der Waals surface area contributed by atoms with Crippen LogP contribution in [0.4, 0.5) is 0 Å². The molecule has 64 heavy (non-hydrogen) atoms. The summed E-state index contributed by atoms with van der Waals surface area (Å²) in [5.74, 6) is 1.90. The smallest absolute Gasteiger partial charge is 0.164 e. The number of nitrogens with zero attached hydrogens (tertiary/aromatic N) is 5. The molecule has 0 amide bonds. The lowest BCUT2D eigenvalue weighted by atomic mass is 10.0. The van der Waals surface area contributed by atoms with Crippen LogP contribution in [-0.2, 0) is 0 Å². The van der Waals surface area contributed by atoms with E-state index in [1.54, 1.807) is 6.08 Å². The van der Waals surface area contributed by atoms with Crippen LogP contribution >= 0.6 is 0 Å². The van der Waals surface area contributed by atoms with Crippen molar-refractivity contribution in [2.24, 2.45) is 0 Å². The zero-order valence-corrected chi connectivity index (χ0v) is 35.0. The van der Waals surface area contributed by atoms with Crippen molar-refractivity contribution in [1.82, 2.24) is 24.1 Å². The predicted octanol–water partition coefficient (Wildman–Crippen LogP) is 15.2. The molecule has 12 rings (SSSR count). The monoisotopic (exact) mass is 821 g/mol. The van der Waals surface area contributed by atoms with Gasteiger partial charge >= 0.3 is 0 Å². The summed E-state index contributed by atoms with van der Waals surface area (Å²) in [6, 6.07) is 63.6. The molecule has 0 saturated carbocycles. The molecule has 0 atom stereocenters. The number of furan rings is 1. The highest BCUT2D eigenvalue weighted by Gasteiger charge is 2.22. The second-order valence-corrected chi connectivity index (χ2v) is 16.1. The fourth-order valence-electron chi connectivity index (χ4n) is 9.40. The van der Waals surface area contributed by atoms with Gasteiger partial charge in [0.1, 0.15) is 11.2 Å². The lowest BCUT2D eigenvalue weighted by molar-refractivity contribution is 0.677. The summed E-state index contributed by atoms with van der Waals surface area (Å²) in [4.78, 5) is 14.9. The fraction of sp³-hybridized carbons (Fsp3) is 0.0172. The van der Waals surface area contributed by atoms with Crippen molar-refractivity contribution in [2.45, 2.75) is 6.92 Å². The van der Waals surface area contributed by atoms with Crippen molar-refractivity contribution in [3.05, 3.63) is 213 Å². The molecule has 0 saturated heterocycles. The van der Waals surface area contributed by atoms with Crippen LogP contribution in [0.3, 0.4) is 0 Å². The van der Waals surface area contributed by atoms with Crippen LogP contribution in [0.15, 0.2) is 217 Å². The van der Waals surface area contributed by atoms with Crippen LogP contribution in [-0.4, -0.2) is 24.1 Å². The Morgan fingerprint density at radius 1 is 0.453 bits per heavy atom. The molecule has 0 radical (unpaired) electrons. The van der Waals surface area contributed by atoms with Crippen LogP contribution in [0.5, 0.6) is 0 Å². The average Bonchev–Trinajstić information content (AvgIpc) is 4.02. The molecule has 4 aromatic heterocycles. The number of para-hydroxylation sites is 2. The molecule has 0 aliphatic carbocycles. The molecule has 0 unspecified atom stereocenters. The van der Waals surface area contributed by atoms with Gasteiger partial charge in [0.05, 0.1) is 32.8 Å².